The van der Waals surface area contributed by atoms with Gasteiger partial charge in [-0.2, -0.15) is 4.31 Å². The molecule has 1 aromatic rings. The van der Waals surface area contributed by atoms with Gasteiger partial charge in [-0.25, -0.2) is 8.42 Å². The van der Waals surface area contributed by atoms with Crippen LogP contribution in [0.25, 0.3) is 0 Å². The molecule has 2 fully saturated rings. The maximum absolute atomic E-state index is 12.8. The van der Waals surface area contributed by atoms with E-state index in [1.54, 1.807) is 16.4 Å². The van der Waals surface area contributed by atoms with Gasteiger partial charge in [0.2, 0.25) is 15.9 Å². The zero-order valence-electron chi connectivity index (χ0n) is 15.3. The fourth-order valence-corrected chi connectivity index (χ4v) is 5.20. The number of sulfonamides is 1. The van der Waals surface area contributed by atoms with Gasteiger partial charge in [0.15, 0.2) is 0 Å². The van der Waals surface area contributed by atoms with E-state index in [9.17, 15) is 13.2 Å². The fourth-order valence-electron chi connectivity index (χ4n) is 3.68. The van der Waals surface area contributed by atoms with E-state index >= 15 is 0 Å². The van der Waals surface area contributed by atoms with Crippen LogP contribution >= 0.6 is 0 Å². The van der Waals surface area contributed by atoms with E-state index in [1.165, 1.54) is 0 Å². The number of benzene rings is 1. The van der Waals surface area contributed by atoms with Crippen LogP contribution in [-0.4, -0.2) is 55.8 Å². The number of nitrogens with two attached hydrogens (primary N) is 1. The van der Waals surface area contributed by atoms with Crippen LogP contribution in [0.4, 0.5) is 0 Å². The fraction of sp³-hybridized carbons (Fsp3) is 0.632. The number of carbonyl (C=O) groups excluding carboxylic acids is 1. The molecule has 0 unspecified atom stereocenters. The number of nitrogens with zero attached hydrogens (tertiary/aromatic N) is 2. The van der Waals surface area contributed by atoms with E-state index in [-0.39, 0.29) is 11.9 Å². The molecule has 144 valence electrons. The average molecular weight is 380 g/mol. The lowest BCUT2D eigenvalue weighted by molar-refractivity contribution is -0.130. The van der Waals surface area contributed by atoms with Crippen LogP contribution in [0.1, 0.15) is 44.1 Å². The molecule has 0 radical (unpaired) electrons. The predicted octanol–water partition coefficient (Wildman–Crippen LogP) is 1.74. The molecule has 2 heterocycles. The second-order valence-corrected chi connectivity index (χ2v) is 9.29. The standard InChI is InChI=1S/C19H29N3O3S/c20-17-11-14-21(15-17)19(23)10-7-16-5-8-18(9-6-16)26(24,25)22-12-3-1-2-4-13-22/h5-6,8-9,17H,1-4,7,10-15,20H2/t17-/m1/s1. The summed E-state index contributed by atoms with van der Waals surface area (Å²) >= 11 is 0. The first-order valence-electron chi connectivity index (χ1n) is 9.59. The number of amides is 1. The lowest BCUT2D eigenvalue weighted by atomic mass is 10.1. The van der Waals surface area contributed by atoms with Gasteiger partial charge in [0.05, 0.1) is 4.90 Å². The van der Waals surface area contributed by atoms with Crippen LogP contribution in [0.3, 0.4) is 0 Å². The molecule has 2 aliphatic heterocycles. The van der Waals surface area contributed by atoms with Crippen molar-refractivity contribution in [2.45, 2.75) is 55.9 Å². The summed E-state index contributed by atoms with van der Waals surface area (Å²) in [7, 11) is -3.41. The van der Waals surface area contributed by atoms with Crippen molar-refractivity contribution < 1.29 is 13.2 Å². The summed E-state index contributed by atoms with van der Waals surface area (Å²) in [6.45, 7) is 2.60. The maximum atomic E-state index is 12.8. The van der Waals surface area contributed by atoms with Gasteiger partial charge in [0, 0.05) is 38.6 Å². The quantitative estimate of drug-likeness (QED) is 0.845. The van der Waals surface area contributed by atoms with Crippen molar-refractivity contribution in [3.63, 3.8) is 0 Å². The van der Waals surface area contributed by atoms with Crippen LogP contribution in [0.2, 0.25) is 0 Å². The minimum absolute atomic E-state index is 0.0995. The number of hydrogen-bond acceptors (Lipinski definition) is 4. The molecule has 1 amide bonds. The molecule has 26 heavy (non-hydrogen) atoms. The number of hydrogen-bond donors (Lipinski definition) is 1. The molecule has 2 N–H and O–H groups in total. The molecular formula is C19H29N3O3S. The molecule has 2 saturated heterocycles. The molecule has 0 aliphatic carbocycles. The third-order valence-corrected chi connectivity index (χ3v) is 7.24. The number of aryl methyl sites for hydroxylation is 1. The van der Waals surface area contributed by atoms with Crippen molar-refractivity contribution in [1.82, 2.24) is 9.21 Å². The molecule has 7 heteroatoms. The smallest absolute Gasteiger partial charge is 0.243 e. The Labute approximate surface area is 156 Å². The summed E-state index contributed by atoms with van der Waals surface area (Å²) in [6.07, 6.45) is 5.98. The Kier molecular flexibility index (Phi) is 6.32. The molecule has 0 saturated carbocycles. The third kappa shape index (κ3) is 4.64. The molecule has 1 aromatic carbocycles. The van der Waals surface area contributed by atoms with Gasteiger partial charge in [0.1, 0.15) is 0 Å². The molecule has 2 aliphatic rings. The monoisotopic (exact) mass is 379 g/mol. The molecular weight excluding hydrogens is 350 g/mol. The van der Waals surface area contributed by atoms with Gasteiger partial charge in [0.25, 0.3) is 0 Å². The first kappa shape index (κ1) is 19.3. The van der Waals surface area contributed by atoms with E-state index in [2.05, 4.69) is 0 Å². The second-order valence-electron chi connectivity index (χ2n) is 7.35. The molecule has 0 bridgehead atoms. The number of rotatable bonds is 5. The van der Waals surface area contributed by atoms with E-state index in [1.807, 2.05) is 17.0 Å². The summed E-state index contributed by atoms with van der Waals surface area (Å²) in [6, 6.07) is 7.10. The van der Waals surface area contributed by atoms with Crippen molar-refractivity contribution >= 4 is 15.9 Å². The number of carbonyl (C=O) groups is 1. The molecule has 0 aromatic heterocycles. The Morgan fingerprint density at radius 3 is 2.27 bits per heavy atom. The number of likely N-dealkylation sites (tertiary alicyclic amines) is 1. The van der Waals surface area contributed by atoms with Crippen LogP contribution in [0.5, 0.6) is 0 Å². The first-order chi connectivity index (χ1) is 12.5. The molecule has 3 rings (SSSR count). The van der Waals surface area contributed by atoms with Crippen molar-refractivity contribution in [3.8, 4) is 0 Å². The first-order valence-corrected chi connectivity index (χ1v) is 11.0. The van der Waals surface area contributed by atoms with Crippen LogP contribution in [-0.2, 0) is 21.2 Å². The van der Waals surface area contributed by atoms with Crippen LogP contribution in [0, 0.1) is 0 Å². The molecule has 1 atom stereocenters. The van der Waals surface area contributed by atoms with E-state index in [0.717, 1.165) is 44.2 Å². The predicted molar refractivity (Wildman–Crippen MR) is 101 cm³/mol. The Hall–Kier alpha value is -1.44. The summed E-state index contributed by atoms with van der Waals surface area (Å²) < 4.78 is 27.2. The van der Waals surface area contributed by atoms with E-state index < -0.39 is 10.0 Å². The average Bonchev–Trinajstić information content (AvgIpc) is 2.90. The van der Waals surface area contributed by atoms with Gasteiger partial charge >= 0.3 is 0 Å². The minimum atomic E-state index is -3.41. The van der Waals surface area contributed by atoms with Crippen molar-refractivity contribution in [2.24, 2.45) is 5.73 Å². The van der Waals surface area contributed by atoms with Gasteiger partial charge in [-0.3, -0.25) is 4.79 Å². The van der Waals surface area contributed by atoms with Crippen LogP contribution < -0.4 is 5.73 Å². The van der Waals surface area contributed by atoms with Gasteiger partial charge < -0.3 is 10.6 Å². The highest BCUT2D eigenvalue weighted by Crippen LogP contribution is 2.21. The van der Waals surface area contributed by atoms with Gasteiger partial charge in [-0.05, 0) is 43.4 Å². The SMILES string of the molecule is N[C@@H]1CCN(C(=O)CCc2ccc(S(=O)(=O)N3CCCCCC3)cc2)C1. The van der Waals surface area contributed by atoms with E-state index in [0.29, 0.717) is 37.4 Å². The maximum Gasteiger partial charge on any atom is 0.243 e. The molecule has 6 nitrogen and oxygen atoms in total. The van der Waals surface area contributed by atoms with Gasteiger partial charge in [-0.1, -0.05) is 25.0 Å². The zero-order chi connectivity index (χ0) is 18.6. The zero-order valence-corrected chi connectivity index (χ0v) is 16.1. The lowest BCUT2D eigenvalue weighted by Gasteiger charge is -2.20. The van der Waals surface area contributed by atoms with Gasteiger partial charge in [-0.15, -0.1) is 0 Å². The summed E-state index contributed by atoms with van der Waals surface area (Å²) in [5.41, 5.74) is 6.83. The minimum Gasteiger partial charge on any atom is -0.341 e. The Morgan fingerprint density at radius 1 is 1.04 bits per heavy atom. The summed E-state index contributed by atoms with van der Waals surface area (Å²) in [5, 5.41) is 0. The third-order valence-electron chi connectivity index (χ3n) is 5.33. The largest absolute Gasteiger partial charge is 0.341 e. The van der Waals surface area contributed by atoms with Crippen molar-refractivity contribution in [2.75, 3.05) is 26.2 Å². The lowest BCUT2D eigenvalue weighted by Crippen LogP contribution is -2.32. The molecule has 0 spiro atoms. The van der Waals surface area contributed by atoms with Crippen molar-refractivity contribution in [1.29, 1.82) is 0 Å². The second kappa shape index (κ2) is 8.50. The highest BCUT2D eigenvalue weighted by molar-refractivity contribution is 7.89. The van der Waals surface area contributed by atoms with E-state index in [4.69, 9.17) is 5.73 Å². The van der Waals surface area contributed by atoms with Crippen LogP contribution in [0.15, 0.2) is 29.2 Å². The summed E-state index contributed by atoms with van der Waals surface area (Å²) in [4.78, 5) is 14.4. The Balaban J connectivity index is 1.58. The van der Waals surface area contributed by atoms with Crippen molar-refractivity contribution in [3.05, 3.63) is 29.8 Å². The highest BCUT2D eigenvalue weighted by Gasteiger charge is 2.25. The highest BCUT2D eigenvalue weighted by atomic mass is 32.2. The summed E-state index contributed by atoms with van der Waals surface area (Å²) in [5.74, 6) is 0.124. The normalized spacial score (nSPS) is 22.3. The Bertz CT molecular complexity index is 710. The Morgan fingerprint density at radius 2 is 1.69 bits per heavy atom. The topological polar surface area (TPSA) is 83.7 Å².